The molecule has 0 aliphatic rings. The van der Waals surface area contributed by atoms with Crippen molar-refractivity contribution < 1.29 is 9.84 Å². The van der Waals surface area contributed by atoms with Crippen LogP contribution in [-0.4, -0.2) is 5.11 Å². The molecular formula is C26H22O2. The molecule has 0 heterocycles. The normalized spacial score (nSPS) is 11.2. The van der Waals surface area contributed by atoms with Crippen LogP contribution in [0.3, 0.4) is 0 Å². The Labute approximate surface area is 165 Å². The first kappa shape index (κ1) is 18.0. The molecule has 0 aromatic heterocycles. The van der Waals surface area contributed by atoms with Crippen LogP contribution in [0, 0.1) is 0 Å². The van der Waals surface area contributed by atoms with E-state index in [1.54, 1.807) is 0 Å². The zero-order valence-corrected chi connectivity index (χ0v) is 15.5. The maximum atomic E-state index is 9.35. The second-order valence-electron chi connectivity index (χ2n) is 6.68. The topological polar surface area (TPSA) is 29.5 Å². The van der Waals surface area contributed by atoms with Crippen LogP contribution in [0.1, 0.15) is 22.3 Å². The quantitative estimate of drug-likeness (QED) is 0.453. The molecule has 4 aromatic carbocycles. The smallest absolute Gasteiger partial charge is 0.184 e. The third kappa shape index (κ3) is 3.42. The summed E-state index contributed by atoms with van der Waals surface area (Å²) in [5.74, 6) is 0.744. The lowest BCUT2D eigenvalue weighted by Crippen LogP contribution is -2.36. The SMILES string of the molecule is OCc1ccc(OC(c2ccccc2)(c2ccccc2)c2ccccc2)cc1. The number of rotatable bonds is 6. The van der Waals surface area contributed by atoms with Gasteiger partial charge in [0.05, 0.1) is 6.61 Å². The van der Waals surface area contributed by atoms with E-state index in [-0.39, 0.29) is 6.61 Å². The minimum absolute atomic E-state index is 0.0154. The lowest BCUT2D eigenvalue weighted by atomic mass is 9.80. The molecule has 0 aliphatic carbocycles. The predicted molar refractivity (Wildman–Crippen MR) is 112 cm³/mol. The molecule has 0 amide bonds. The van der Waals surface area contributed by atoms with Crippen LogP contribution >= 0.6 is 0 Å². The largest absolute Gasteiger partial charge is 0.473 e. The second kappa shape index (κ2) is 8.12. The van der Waals surface area contributed by atoms with E-state index in [2.05, 4.69) is 36.4 Å². The average Bonchev–Trinajstić information content (AvgIpc) is 2.80. The summed E-state index contributed by atoms with van der Waals surface area (Å²) in [6, 6.07) is 38.5. The van der Waals surface area contributed by atoms with Crippen LogP contribution in [0.2, 0.25) is 0 Å². The van der Waals surface area contributed by atoms with E-state index in [0.29, 0.717) is 0 Å². The van der Waals surface area contributed by atoms with Crippen molar-refractivity contribution in [1.29, 1.82) is 0 Å². The van der Waals surface area contributed by atoms with Gasteiger partial charge in [0.1, 0.15) is 5.75 Å². The van der Waals surface area contributed by atoms with Crippen molar-refractivity contribution in [3.05, 3.63) is 138 Å². The van der Waals surface area contributed by atoms with E-state index < -0.39 is 5.60 Å². The molecular weight excluding hydrogens is 344 g/mol. The molecule has 0 aliphatic heterocycles. The molecule has 0 saturated carbocycles. The van der Waals surface area contributed by atoms with Crippen LogP contribution in [0.4, 0.5) is 0 Å². The molecule has 4 aromatic rings. The lowest BCUT2D eigenvalue weighted by molar-refractivity contribution is 0.155. The molecule has 4 rings (SSSR count). The highest BCUT2D eigenvalue weighted by Crippen LogP contribution is 2.41. The predicted octanol–water partition coefficient (Wildman–Crippen LogP) is 5.55. The molecule has 28 heavy (non-hydrogen) atoms. The number of benzene rings is 4. The Balaban J connectivity index is 1.95. The van der Waals surface area contributed by atoms with Crippen molar-refractivity contribution in [3.63, 3.8) is 0 Å². The molecule has 0 unspecified atom stereocenters. The van der Waals surface area contributed by atoms with E-state index in [1.807, 2.05) is 78.9 Å². The van der Waals surface area contributed by atoms with E-state index in [9.17, 15) is 5.11 Å². The Morgan fingerprint density at radius 2 is 0.929 bits per heavy atom. The van der Waals surface area contributed by atoms with Crippen molar-refractivity contribution >= 4 is 0 Å². The first-order valence-electron chi connectivity index (χ1n) is 9.38. The Bertz CT molecular complexity index is 898. The summed E-state index contributed by atoms with van der Waals surface area (Å²) >= 11 is 0. The molecule has 0 radical (unpaired) electrons. The Morgan fingerprint density at radius 1 is 0.536 bits per heavy atom. The summed E-state index contributed by atoms with van der Waals surface area (Å²) in [7, 11) is 0. The van der Waals surface area contributed by atoms with Gasteiger partial charge in [-0.1, -0.05) is 103 Å². The van der Waals surface area contributed by atoms with Crippen LogP contribution in [0.25, 0.3) is 0 Å². The van der Waals surface area contributed by atoms with E-state index in [4.69, 9.17) is 4.74 Å². The molecule has 2 heteroatoms. The summed E-state index contributed by atoms with van der Waals surface area (Å²) < 4.78 is 6.78. The molecule has 0 fully saturated rings. The molecule has 2 nitrogen and oxygen atoms in total. The zero-order chi connectivity index (χ0) is 19.2. The van der Waals surface area contributed by atoms with Crippen molar-refractivity contribution in [2.24, 2.45) is 0 Å². The highest BCUT2D eigenvalue weighted by Gasteiger charge is 2.38. The van der Waals surface area contributed by atoms with Gasteiger partial charge < -0.3 is 9.84 Å². The summed E-state index contributed by atoms with van der Waals surface area (Å²) in [5.41, 5.74) is 3.23. The summed E-state index contributed by atoms with van der Waals surface area (Å²) in [4.78, 5) is 0. The van der Waals surface area contributed by atoms with Gasteiger partial charge in [0, 0.05) is 16.7 Å². The molecule has 138 valence electrons. The molecule has 0 atom stereocenters. The second-order valence-corrected chi connectivity index (χ2v) is 6.68. The monoisotopic (exact) mass is 366 g/mol. The van der Waals surface area contributed by atoms with Crippen molar-refractivity contribution in [2.75, 3.05) is 0 Å². The highest BCUT2D eigenvalue weighted by atomic mass is 16.5. The van der Waals surface area contributed by atoms with E-state index in [1.165, 1.54) is 0 Å². The zero-order valence-electron chi connectivity index (χ0n) is 15.5. The molecule has 1 N–H and O–H groups in total. The van der Waals surface area contributed by atoms with E-state index in [0.717, 1.165) is 28.0 Å². The summed E-state index contributed by atoms with van der Waals surface area (Å²) in [6.07, 6.45) is 0. The number of aliphatic hydroxyl groups is 1. The van der Waals surface area contributed by atoms with Crippen LogP contribution in [-0.2, 0) is 12.2 Å². The number of hydrogen-bond acceptors (Lipinski definition) is 2. The van der Waals surface area contributed by atoms with Gasteiger partial charge in [0.2, 0.25) is 0 Å². The Hall–Kier alpha value is -3.36. The van der Waals surface area contributed by atoms with Gasteiger partial charge >= 0.3 is 0 Å². The molecule has 0 saturated heterocycles. The van der Waals surface area contributed by atoms with Gasteiger partial charge in [-0.15, -0.1) is 0 Å². The van der Waals surface area contributed by atoms with Crippen LogP contribution < -0.4 is 4.74 Å². The van der Waals surface area contributed by atoms with Gasteiger partial charge in [-0.2, -0.15) is 0 Å². The van der Waals surface area contributed by atoms with Crippen LogP contribution in [0.5, 0.6) is 5.75 Å². The summed E-state index contributed by atoms with van der Waals surface area (Å²) in [5, 5.41) is 9.35. The van der Waals surface area contributed by atoms with Gasteiger partial charge in [-0.25, -0.2) is 0 Å². The van der Waals surface area contributed by atoms with Gasteiger partial charge in [-0.05, 0) is 17.7 Å². The fourth-order valence-electron chi connectivity index (χ4n) is 3.54. The van der Waals surface area contributed by atoms with E-state index >= 15 is 0 Å². The van der Waals surface area contributed by atoms with Crippen molar-refractivity contribution in [3.8, 4) is 5.75 Å². The first-order valence-corrected chi connectivity index (χ1v) is 9.38. The fourth-order valence-corrected chi connectivity index (χ4v) is 3.54. The minimum Gasteiger partial charge on any atom is -0.473 e. The summed E-state index contributed by atoms with van der Waals surface area (Å²) in [6.45, 7) is 0.0154. The standard InChI is InChI=1S/C26H22O2/c27-20-21-16-18-25(19-17-21)28-26(22-10-4-1-5-11-22,23-12-6-2-7-13-23)24-14-8-3-9-15-24/h1-19,27H,20H2. The van der Waals surface area contributed by atoms with Crippen molar-refractivity contribution in [1.82, 2.24) is 0 Å². The Morgan fingerprint density at radius 3 is 1.29 bits per heavy atom. The van der Waals surface area contributed by atoms with Crippen LogP contribution in [0.15, 0.2) is 115 Å². The number of hydrogen-bond donors (Lipinski definition) is 1. The number of aliphatic hydroxyl groups excluding tert-OH is 1. The van der Waals surface area contributed by atoms with Gasteiger partial charge in [0.15, 0.2) is 5.60 Å². The maximum absolute atomic E-state index is 9.35. The Kier molecular flexibility index (Phi) is 5.22. The molecule has 0 bridgehead atoms. The minimum atomic E-state index is -0.787. The lowest BCUT2D eigenvalue weighted by Gasteiger charge is -2.36. The number of ether oxygens (including phenoxy) is 1. The third-order valence-corrected chi connectivity index (χ3v) is 4.92. The first-order chi connectivity index (χ1) is 13.8. The highest BCUT2D eigenvalue weighted by molar-refractivity contribution is 5.49. The van der Waals surface area contributed by atoms with Gasteiger partial charge in [0.25, 0.3) is 0 Å². The van der Waals surface area contributed by atoms with Gasteiger partial charge in [-0.3, -0.25) is 0 Å². The fraction of sp³-hybridized carbons (Fsp3) is 0.0769. The molecule has 0 spiro atoms. The maximum Gasteiger partial charge on any atom is 0.184 e. The average molecular weight is 366 g/mol. The third-order valence-electron chi connectivity index (χ3n) is 4.92. The van der Waals surface area contributed by atoms with Crippen molar-refractivity contribution in [2.45, 2.75) is 12.2 Å².